The molecular weight excluding hydrogens is 286 g/mol. The van der Waals surface area contributed by atoms with E-state index in [9.17, 15) is 14.4 Å². The van der Waals surface area contributed by atoms with Crippen molar-refractivity contribution in [1.29, 1.82) is 0 Å². The molecule has 1 saturated heterocycles. The molecule has 1 aliphatic rings. The number of carbonyl (C=O) groups is 3. The zero-order valence-corrected chi connectivity index (χ0v) is 12.8. The van der Waals surface area contributed by atoms with E-state index < -0.39 is 23.4 Å². The Labute approximate surface area is 128 Å². The van der Waals surface area contributed by atoms with E-state index in [0.29, 0.717) is 12.2 Å². The van der Waals surface area contributed by atoms with Gasteiger partial charge in [0.2, 0.25) is 5.91 Å². The van der Waals surface area contributed by atoms with Crippen molar-refractivity contribution in [3.8, 4) is 5.75 Å². The maximum absolute atomic E-state index is 12.2. The number of ether oxygens (including phenoxy) is 1. The van der Waals surface area contributed by atoms with Crippen LogP contribution in [0, 0.1) is 0 Å². The molecule has 1 unspecified atom stereocenters. The predicted octanol–water partition coefficient (Wildman–Crippen LogP) is 0.989. The topological polar surface area (TPSA) is 87.7 Å². The molecule has 1 aromatic rings. The highest BCUT2D eigenvalue weighted by atomic mass is 16.5. The number of hydrogen-bond acceptors (Lipinski definition) is 4. The third kappa shape index (κ3) is 3.03. The summed E-state index contributed by atoms with van der Waals surface area (Å²) in [5.74, 6) is -0.200. The summed E-state index contributed by atoms with van der Waals surface area (Å²) in [4.78, 5) is 35.9. The molecule has 22 heavy (non-hydrogen) atoms. The van der Waals surface area contributed by atoms with E-state index >= 15 is 0 Å². The van der Waals surface area contributed by atoms with Crippen LogP contribution in [0.2, 0.25) is 0 Å². The van der Waals surface area contributed by atoms with Gasteiger partial charge in [-0.3, -0.25) is 15.0 Å². The zero-order valence-electron chi connectivity index (χ0n) is 12.8. The number of amides is 4. The predicted molar refractivity (Wildman–Crippen MR) is 78.9 cm³/mol. The van der Waals surface area contributed by atoms with Gasteiger partial charge in [-0.2, -0.15) is 5.01 Å². The smallest absolute Gasteiger partial charge is 0.344 e. The fraction of sp³-hybridized carbons (Fsp3) is 0.400. The van der Waals surface area contributed by atoms with E-state index in [1.54, 1.807) is 45.2 Å². The lowest BCUT2D eigenvalue weighted by atomic mass is 10.00. The Balaban J connectivity index is 1.99. The largest absolute Gasteiger partial charge is 0.497 e. The van der Waals surface area contributed by atoms with Gasteiger partial charge in [0.05, 0.1) is 13.5 Å². The average Bonchev–Trinajstić information content (AvgIpc) is 2.72. The van der Waals surface area contributed by atoms with E-state index in [1.807, 2.05) is 0 Å². The first-order chi connectivity index (χ1) is 10.4. The summed E-state index contributed by atoms with van der Waals surface area (Å²) in [6.07, 6.45) is 0.506. The first kappa shape index (κ1) is 15.8. The maximum atomic E-state index is 12.2. The molecule has 0 aliphatic carbocycles. The molecule has 4 amide bonds. The van der Waals surface area contributed by atoms with Crippen molar-refractivity contribution < 1.29 is 19.1 Å². The Morgan fingerprint density at radius 1 is 1.32 bits per heavy atom. The molecule has 0 radical (unpaired) electrons. The lowest BCUT2D eigenvalue weighted by Crippen LogP contribution is -2.49. The molecule has 1 atom stereocenters. The minimum atomic E-state index is -0.968. The first-order valence-corrected chi connectivity index (χ1v) is 6.98. The van der Waals surface area contributed by atoms with Gasteiger partial charge in [0.25, 0.3) is 5.91 Å². The van der Waals surface area contributed by atoms with Crippen LogP contribution in [0.3, 0.4) is 0 Å². The van der Waals surface area contributed by atoms with Gasteiger partial charge < -0.3 is 10.1 Å². The molecule has 2 rings (SSSR count). The van der Waals surface area contributed by atoms with Crippen LogP contribution in [0.1, 0.15) is 25.8 Å². The number of carbonyl (C=O) groups excluding carboxylic acids is 3. The summed E-state index contributed by atoms with van der Waals surface area (Å²) in [6, 6.07) is 6.37. The quantitative estimate of drug-likeness (QED) is 0.794. The SMILES string of the molecule is CCC1(C)NC(=O)N(NC(=O)Cc2ccc(OC)cc2)C1=O. The molecule has 2 N–H and O–H groups in total. The van der Waals surface area contributed by atoms with Gasteiger partial charge in [0.1, 0.15) is 11.3 Å². The summed E-state index contributed by atoms with van der Waals surface area (Å²) in [5, 5.41) is 3.32. The third-order valence-electron chi connectivity index (χ3n) is 3.73. The zero-order chi connectivity index (χ0) is 16.3. The Bertz CT molecular complexity index is 599. The van der Waals surface area contributed by atoms with Crippen LogP contribution in [0.15, 0.2) is 24.3 Å². The standard InChI is InChI=1S/C15H19N3O4/c1-4-15(2)13(20)18(14(21)16-15)17-12(19)9-10-5-7-11(22-3)8-6-10/h5-8H,4,9H2,1-3H3,(H,16,21)(H,17,19). The average molecular weight is 305 g/mol. The molecule has 1 aromatic carbocycles. The summed E-state index contributed by atoms with van der Waals surface area (Å²) in [7, 11) is 1.56. The lowest BCUT2D eigenvalue weighted by molar-refractivity contribution is -0.138. The Morgan fingerprint density at radius 2 is 1.95 bits per heavy atom. The Morgan fingerprint density at radius 3 is 2.45 bits per heavy atom. The lowest BCUT2D eigenvalue weighted by Gasteiger charge is -2.19. The number of hydrazine groups is 1. The van der Waals surface area contributed by atoms with Crippen molar-refractivity contribution in [2.75, 3.05) is 7.11 Å². The van der Waals surface area contributed by atoms with Crippen LogP contribution < -0.4 is 15.5 Å². The van der Waals surface area contributed by atoms with Crippen molar-refractivity contribution in [2.45, 2.75) is 32.2 Å². The van der Waals surface area contributed by atoms with Gasteiger partial charge in [-0.15, -0.1) is 0 Å². The van der Waals surface area contributed by atoms with Crippen molar-refractivity contribution in [3.05, 3.63) is 29.8 Å². The van der Waals surface area contributed by atoms with Crippen molar-refractivity contribution >= 4 is 17.8 Å². The third-order valence-corrected chi connectivity index (χ3v) is 3.73. The number of nitrogens with zero attached hydrogens (tertiary/aromatic N) is 1. The monoisotopic (exact) mass is 305 g/mol. The second kappa shape index (κ2) is 6.05. The van der Waals surface area contributed by atoms with Crippen molar-refractivity contribution in [1.82, 2.24) is 15.8 Å². The number of imide groups is 1. The van der Waals surface area contributed by atoms with Crippen LogP contribution in [0.25, 0.3) is 0 Å². The molecule has 7 nitrogen and oxygen atoms in total. The molecule has 0 saturated carbocycles. The summed E-state index contributed by atoms with van der Waals surface area (Å²) in [5.41, 5.74) is 2.13. The van der Waals surface area contributed by atoms with Crippen LogP contribution in [0.5, 0.6) is 5.75 Å². The van der Waals surface area contributed by atoms with Gasteiger partial charge in [-0.25, -0.2) is 4.79 Å². The fourth-order valence-electron chi connectivity index (χ4n) is 2.12. The summed E-state index contributed by atoms with van der Waals surface area (Å²) < 4.78 is 5.04. The van der Waals surface area contributed by atoms with Gasteiger partial charge in [-0.05, 0) is 31.0 Å². The van der Waals surface area contributed by atoms with E-state index in [4.69, 9.17) is 4.74 Å². The molecule has 1 heterocycles. The van der Waals surface area contributed by atoms with E-state index in [-0.39, 0.29) is 6.42 Å². The number of hydrogen-bond donors (Lipinski definition) is 2. The van der Waals surface area contributed by atoms with E-state index in [0.717, 1.165) is 10.6 Å². The number of methoxy groups -OCH3 is 1. The number of nitrogens with one attached hydrogen (secondary N) is 2. The molecule has 0 aromatic heterocycles. The van der Waals surface area contributed by atoms with Crippen LogP contribution in [-0.2, 0) is 16.0 Å². The molecule has 0 spiro atoms. The normalized spacial score (nSPS) is 20.8. The Kier molecular flexibility index (Phi) is 4.35. The van der Waals surface area contributed by atoms with Crippen molar-refractivity contribution in [2.24, 2.45) is 0 Å². The van der Waals surface area contributed by atoms with Crippen LogP contribution in [0.4, 0.5) is 4.79 Å². The van der Waals surface area contributed by atoms with E-state index in [1.165, 1.54) is 0 Å². The summed E-state index contributed by atoms with van der Waals surface area (Å²) >= 11 is 0. The van der Waals surface area contributed by atoms with E-state index in [2.05, 4.69) is 10.7 Å². The second-order valence-corrected chi connectivity index (χ2v) is 5.32. The minimum Gasteiger partial charge on any atom is -0.497 e. The minimum absolute atomic E-state index is 0.0594. The fourth-order valence-corrected chi connectivity index (χ4v) is 2.12. The number of urea groups is 1. The molecule has 7 heteroatoms. The van der Waals surface area contributed by atoms with Crippen molar-refractivity contribution in [3.63, 3.8) is 0 Å². The highest BCUT2D eigenvalue weighted by Gasteiger charge is 2.47. The molecule has 0 bridgehead atoms. The molecule has 1 fully saturated rings. The summed E-state index contributed by atoms with van der Waals surface area (Å²) in [6.45, 7) is 3.42. The van der Waals surface area contributed by atoms with Gasteiger partial charge in [0.15, 0.2) is 0 Å². The number of benzene rings is 1. The highest BCUT2D eigenvalue weighted by molar-refractivity contribution is 6.07. The van der Waals surface area contributed by atoms with Crippen LogP contribution in [-0.4, -0.2) is 35.5 Å². The molecular formula is C15H19N3O4. The Hall–Kier alpha value is -2.57. The highest BCUT2D eigenvalue weighted by Crippen LogP contribution is 2.19. The second-order valence-electron chi connectivity index (χ2n) is 5.32. The molecule has 1 aliphatic heterocycles. The van der Waals surface area contributed by atoms with Crippen LogP contribution >= 0.6 is 0 Å². The molecule has 118 valence electrons. The van der Waals surface area contributed by atoms with Gasteiger partial charge in [-0.1, -0.05) is 19.1 Å². The first-order valence-electron chi connectivity index (χ1n) is 6.98. The number of rotatable bonds is 5. The van der Waals surface area contributed by atoms with Gasteiger partial charge >= 0.3 is 6.03 Å². The van der Waals surface area contributed by atoms with Gasteiger partial charge in [0, 0.05) is 0 Å². The maximum Gasteiger partial charge on any atom is 0.344 e.